The molecule has 3 rings (SSSR count). The van der Waals surface area contributed by atoms with Gasteiger partial charge in [0, 0.05) is 44.4 Å². The number of aromatic nitrogens is 2. The summed E-state index contributed by atoms with van der Waals surface area (Å²) in [6, 6.07) is -0.389. The van der Waals surface area contributed by atoms with Crippen LogP contribution in [0.1, 0.15) is 45.9 Å². The minimum Gasteiger partial charge on any atom is -0.464 e. The molecule has 3 heterocycles. The van der Waals surface area contributed by atoms with Crippen LogP contribution in [0.2, 0.25) is 0 Å². The first kappa shape index (κ1) is 22.3. The van der Waals surface area contributed by atoms with Gasteiger partial charge >= 0.3 is 12.1 Å². The third kappa shape index (κ3) is 5.81. The number of anilines is 1. The van der Waals surface area contributed by atoms with Crippen LogP contribution < -0.4 is 10.2 Å². The standard InChI is InChI=1S/C21H33N5O4/c1-14(2)13-29-18(27)17-12-25(9-7-22-17)19-23-10-15-11-26(8-6-16(15)24-19)20(28)30-21(3,4)5/h10,14,17,22H,6-9,11-13H2,1-5H3/t17-/m1/s1. The van der Waals surface area contributed by atoms with Crippen LogP contribution in [0.4, 0.5) is 10.7 Å². The van der Waals surface area contributed by atoms with Crippen LogP contribution in [0.5, 0.6) is 0 Å². The summed E-state index contributed by atoms with van der Waals surface area (Å²) in [5, 5.41) is 3.21. The third-order valence-corrected chi connectivity index (χ3v) is 4.87. The van der Waals surface area contributed by atoms with Crippen molar-refractivity contribution >= 4 is 18.0 Å². The molecule has 1 N–H and O–H groups in total. The number of carbonyl (C=O) groups excluding carboxylic acids is 2. The number of fused-ring (bicyclic) bond motifs is 1. The average molecular weight is 420 g/mol. The van der Waals surface area contributed by atoms with Crippen molar-refractivity contribution in [2.24, 2.45) is 5.92 Å². The van der Waals surface area contributed by atoms with Crippen molar-refractivity contribution in [3.8, 4) is 0 Å². The Balaban J connectivity index is 1.63. The minimum atomic E-state index is -0.521. The number of hydrogen-bond donors (Lipinski definition) is 1. The van der Waals surface area contributed by atoms with E-state index < -0.39 is 5.60 Å². The first-order chi connectivity index (χ1) is 14.1. The second-order valence-electron chi connectivity index (χ2n) is 9.27. The Morgan fingerprint density at radius 1 is 1.30 bits per heavy atom. The highest BCUT2D eigenvalue weighted by molar-refractivity contribution is 5.77. The van der Waals surface area contributed by atoms with Gasteiger partial charge in [0.1, 0.15) is 11.6 Å². The SMILES string of the molecule is CC(C)COC(=O)[C@H]1CN(c2ncc3c(n2)CCN(C(=O)OC(C)(C)C)C3)CCN1. The molecule has 1 aromatic heterocycles. The van der Waals surface area contributed by atoms with Crippen LogP contribution in [-0.2, 0) is 27.2 Å². The van der Waals surface area contributed by atoms with Gasteiger partial charge in [-0.15, -0.1) is 0 Å². The summed E-state index contributed by atoms with van der Waals surface area (Å²) >= 11 is 0. The molecule has 0 spiro atoms. The fraction of sp³-hybridized carbons (Fsp3) is 0.714. The lowest BCUT2D eigenvalue weighted by molar-refractivity contribution is -0.147. The number of ether oxygens (including phenoxy) is 2. The van der Waals surface area contributed by atoms with Gasteiger partial charge in [0.25, 0.3) is 0 Å². The molecular formula is C21H33N5O4. The van der Waals surface area contributed by atoms with E-state index in [1.54, 1.807) is 11.1 Å². The van der Waals surface area contributed by atoms with Crippen molar-refractivity contribution < 1.29 is 19.1 Å². The number of esters is 1. The lowest BCUT2D eigenvalue weighted by Gasteiger charge is -2.34. The molecule has 2 aliphatic heterocycles. The Bertz CT molecular complexity index is 777. The van der Waals surface area contributed by atoms with Crippen LogP contribution in [-0.4, -0.2) is 71.4 Å². The van der Waals surface area contributed by atoms with Gasteiger partial charge in [-0.3, -0.25) is 4.79 Å². The molecule has 0 saturated carbocycles. The first-order valence-corrected chi connectivity index (χ1v) is 10.6. The summed E-state index contributed by atoms with van der Waals surface area (Å²) in [5.41, 5.74) is 1.35. The number of nitrogens with zero attached hydrogens (tertiary/aromatic N) is 4. The van der Waals surface area contributed by atoms with E-state index >= 15 is 0 Å². The molecule has 1 aromatic rings. The second-order valence-corrected chi connectivity index (χ2v) is 9.27. The molecule has 0 unspecified atom stereocenters. The van der Waals surface area contributed by atoms with E-state index in [1.165, 1.54) is 0 Å². The number of hydrogen-bond acceptors (Lipinski definition) is 8. The molecule has 1 saturated heterocycles. The molecule has 9 heteroatoms. The highest BCUT2D eigenvalue weighted by atomic mass is 16.6. The quantitative estimate of drug-likeness (QED) is 0.738. The zero-order chi connectivity index (χ0) is 21.9. The fourth-order valence-electron chi connectivity index (χ4n) is 3.38. The highest BCUT2D eigenvalue weighted by Crippen LogP contribution is 2.22. The van der Waals surface area contributed by atoms with E-state index in [2.05, 4.69) is 10.3 Å². The zero-order valence-corrected chi connectivity index (χ0v) is 18.6. The largest absolute Gasteiger partial charge is 0.464 e. The maximum atomic E-state index is 12.3. The predicted molar refractivity (Wildman–Crippen MR) is 112 cm³/mol. The Labute approximate surface area is 178 Å². The van der Waals surface area contributed by atoms with Crippen LogP contribution in [0.15, 0.2) is 6.20 Å². The molecule has 1 fully saturated rings. The first-order valence-electron chi connectivity index (χ1n) is 10.6. The maximum absolute atomic E-state index is 12.3. The summed E-state index contributed by atoms with van der Waals surface area (Å²) in [4.78, 5) is 37.6. The van der Waals surface area contributed by atoms with E-state index in [4.69, 9.17) is 14.5 Å². The van der Waals surface area contributed by atoms with E-state index in [9.17, 15) is 9.59 Å². The van der Waals surface area contributed by atoms with E-state index in [0.717, 1.165) is 17.8 Å². The summed E-state index contributed by atoms with van der Waals surface area (Å²) < 4.78 is 10.8. The number of amides is 1. The Morgan fingerprint density at radius 2 is 2.07 bits per heavy atom. The predicted octanol–water partition coefficient (Wildman–Crippen LogP) is 1.75. The monoisotopic (exact) mass is 419 g/mol. The molecular weight excluding hydrogens is 386 g/mol. The Morgan fingerprint density at radius 3 is 2.77 bits per heavy atom. The van der Waals surface area contributed by atoms with Crippen molar-refractivity contribution in [1.82, 2.24) is 20.2 Å². The van der Waals surface area contributed by atoms with Gasteiger partial charge in [0.05, 0.1) is 18.8 Å². The molecule has 0 aliphatic carbocycles. The smallest absolute Gasteiger partial charge is 0.410 e. The van der Waals surface area contributed by atoms with E-state index in [-0.39, 0.29) is 18.1 Å². The van der Waals surface area contributed by atoms with Gasteiger partial charge in [-0.1, -0.05) is 13.8 Å². The summed E-state index contributed by atoms with van der Waals surface area (Å²) in [6.45, 7) is 12.9. The van der Waals surface area contributed by atoms with Crippen LogP contribution >= 0.6 is 0 Å². The lowest BCUT2D eigenvalue weighted by Crippen LogP contribution is -2.55. The normalized spacial score (nSPS) is 19.5. The van der Waals surface area contributed by atoms with E-state index in [0.29, 0.717) is 51.1 Å². The van der Waals surface area contributed by atoms with Crippen molar-refractivity contribution in [3.63, 3.8) is 0 Å². The van der Waals surface area contributed by atoms with Gasteiger partial charge < -0.3 is 24.6 Å². The summed E-state index contributed by atoms with van der Waals surface area (Å²) in [7, 11) is 0. The number of rotatable bonds is 4. The number of nitrogens with one attached hydrogen (secondary N) is 1. The van der Waals surface area contributed by atoms with Gasteiger partial charge in [0.2, 0.25) is 5.95 Å². The van der Waals surface area contributed by atoms with Crippen LogP contribution in [0.25, 0.3) is 0 Å². The summed E-state index contributed by atoms with van der Waals surface area (Å²) in [6.07, 6.45) is 2.11. The molecule has 1 amide bonds. The van der Waals surface area contributed by atoms with Gasteiger partial charge in [-0.25, -0.2) is 14.8 Å². The van der Waals surface area contributed by atoms with Crippen LogP contribution in [0.3, 0.4) is 0 Å². The van der Waals surface area contributed by atoms with Crippen molar-refractivity contribution in [2.45, 2.75) is 59.2 Å². The third-order valence-electron chi connectivity index (χ3n) is 4.87. The minimum absolute atomic E-state index is 0.237. The molecule has 0 bridgehead atoms. The topological polar surface area (TPSA) is 96.9 Å². The van der Waals surface area contributed by atoms with Crippen molar-refractivity contribution in [1.29, 1.82) is 0 Å². The van der Waals surface area contributed by atoms with Crippen LogP contribution in [0, 0.1) is 5.92 Å². The Kier molecular flexibility index (Phi) is 6.80. The van der Waals surface area contributed by atoms with Gasteiger partial charge in [-0.05, 0) is 26.7 Å². The van der Waals surface area contributed by atoms with Crippen molar-refractivity contribution in [2.75, 3.05) is 37.7 Å². The molecule has 0 radical (unpaired) electrons. The van der Waals surface area contributed by atoms with Crippen molar-refractivity contribution in [3.05, 3.63) is 17.5 Å². The maximum Gasteiger partial charge on any atom is 0.410 e. The molecule has 1 atom stereocenters. The van der Waals surface area contributed by atoms with E-state index in [1.807, 2.05) is 39.5 Å². The average Bonchev–Trinajstić information content (AvgIpc) is 2.70. The molecule has 2 aliphatic rings. The fourth-order valence-corrected chi connectivity index (χ4v) is 3.38. The second kappa shape index (κ2) is 9.16. The van der Waals surface area contributed by atoms with Gasteiger partial charge in [0.15, 0.2) is 0 Å². The highest BCUT2D eigenvalue weighted by Gasteiger charge is 2.30. The summed E-state index contributed by atoms with van der Waals surface area (Å²) in [5.74, 6) is 0.680. The number of piperazine rings is 1. The number of carbonyl (C=O) groups is 2. The zero-order valence-electron chi connectivity index (χ0n) is 18.6. The van der Waals surface area contributed by atoms with Gasteiger partial charge in [-0.2, -0.15) is 0 Å². The Hall–Kier alpha value is -2.42. The molecule has 166 valence electrons. The molecule has 30 heavy (non-hydrogen) atoms. The lowest BCUT2D eigenvalue weighted by atomic mass is 10.1. The molecule has 0 aromatic carbocycles. The molecule has 9 nitrogen and oxygen atoms in total.